The van der Waals surface area contributed by atoms with Gasteiger partial charge in [-0.15, -0.1) is 0 Å². The average molecular weight is 729 g/mol. The number of nitrogens with zero attached hydrogens (tertiary/aromatic N) is 1. The van der Waals surface area contributed by atoms with Crippen LogP contribution < -0.4 is 21.1 Å². The number of nitrogens with one attached hydrogen (secondary N) is 1. The van der Waals surface area contributed by atoms with Gasteiger partial charge in [0.1, 0.15) is 11.2 Å². The highest BCUT2D eigenvalue weighted by molar-refractivity contribution is 6.74. The molecule has 57 heavy (non-hydrogen) atoms. The van der Waals surface area contributed by atoms with Crippen LogP contribution in [0.1, 0.15) is 25.0 Å². The van der Waals surface area contributed by atoms with Gasteiger partial charge in [-0.2, -0.15) is 0 Å². The Hall–Kier alpha value is -7.04. The number of para-hydroxylation sites is 2. The van der Waals surface area contributed by atoms with E-state index in [2.05, 4.69) is 200 Å². The number of hydrogen-bond donors (Lipinski definition) is 1. The summed E-state index contributed by atoms with van der Waals surface area (Å²) < 4.78 is 6.80. The molecule has 10 aromatic rings. The van der Waals surface area contributed by atoms with Gasteiger partial charge in [0.2, 0.25) is 0 Å². The van der Waals surface area contributed by atoms with Crippen molar-refractivity contribution in [2.24, 2.45) is 0 Å². The first-order valence-electron chi connectivity index (χ1n) is 19.9. The second kappa shape index (κ2) is 12.0. The highest BCUT2D eigenvalue weighted by atomic mass is 16.3. The Morgan fingerprint density at radius 3 is 2.04 bits per heavy atom. The summed E-state index contributed by atoms with van der Waals surface area (Å²) in [5.41, 5.74) is 17.7. The molecular weight excluding hydrogens is 691 g/mol. The number of furan rings is 1. The molecule has 268 valence electrons. The minimum Gasteiger partial charge on any atom is -0.456 e. The molecule has 0 unspecified atom stereocenters. The van der Waals surface area contributed by atoms with E-state index in [-0.39, 0.29) is 5.41 Å². The highest BCUT2D eigenvalue weighted by Gasteiger charge is 2.41. The third-order valence-electron chi connectivity index (χ3n) is 12.6. The van der Waals surface area contributed by atoms with Gasteiger partial charge in [0.25, 0.3) is 0 Å². The molecule has 0 saturated heterocycles. The topological polar surface area (TPSA) is 28.4 Å². The summed E-state index contributed by atoms with van der Waals surface area (Å²) in [7, 11) is 0.822. The van der Waals surface area contributed by atoms with Crippen molar-refractivity contribution in [2.75, 3.05) is 10.2 Å². The summed E-state index contributed by atoms with van der Waals surface area (Å²) in [6, 6.07) is 64.2. The van der Waals surface area contributed by atoms with Crippen molar-refractivity contribution < 1.29 is 4.42 Å². The molecule has 2 aliphatic rings. The second-order valence-electron chi connectivity index (χ2n) is 16.2. The fourth-order valence-corrected chi connectivity index (χ4v) is 9.82. The Balaban J connectivity index is 1.13. The van der Waals surface area contributed by atoms with E-state index in [0.29, 0.717) is 0 Å². The standard InChI is InChI=1S/C53H37BN2O/c1-53(2)42-19-10-11-22-46(42)56-47-28-36-17-8-9-18-38(36)50(51(47)54-44-21-12-20-43(53)52(44)56)41-31-49-40(39-27-34-15-6-7-16-35(34)29-48(39)57-49)30-45(41)55-37-25-23-33(24-26-37)32-13-4-3-5-14-32/h3-31,54-55H,1-2H3. The zero-order chi connectivity index (χ0) is 37.8. The summed E-state index contributed by atoms with van der Waals surface area (Å²) >= 11 is 0. The van der Waals surface area contributed by atoms with Crippen LogP contribution in [0, 0.1) is 0 Å². The number of anilines is 5. The molecule has 12 rings (SSSR count). The normalized spacial score (nSPS) is 13.7. The SMILES string of the molecule is CC1(C)c2ccccc2N2c3cc4ccccc4c(-c4cc5oc6cc7ccccc7cc6c5cc4Nc4ccc(-c5ccccc5)cc4)c3Bc3cccc1c32. The lowest BCUT2D eigenvalue weighted by molar-refractivity contribution is 0.632. The van der Waals surface area contributed by atoms with E-state index in [4.69, 9.17) is 4.42 Å². The Morgan fingerprint density at radius 2 is 1.19 bits per heavy atom. The third-order valence-corrected chi connectivity index (χ3v) is 12.6. The summed E-state index contributed by atoms with van der Waals surface area (Å²) in [6.45, 7) is 4.74. The van der Waals surface area contributed by atoms with Gasteiger partial charge in [0.15, 0.2) is 7.28 Å². The maximum atomic E-state index is 6.80. The van der Waals surface area contributed by atoms with Crippen molar-refractivity contribution in [3.63, 3.8) is 0 Å². The van der Waals surface area contributed by atoms with Crippen molar-refractivity contribution in [1.29, 1.82) is 0 Å². The number of benzene rings is 9. The monoisotopic (exact) mass is 728 g/mol. The van der Waals surface area contributed by atoms with Crippen LogP contribution in [-0.4, -0.2) is 7.28 Å². The molecular formula is C53H37BN2O. The van der Waals surface area contributed by atoms with Gasteiger partial charge in [-0.3, -0.25) is 0 Å². The first-order valence-corrected chi connectivity index (χ1v) is 19.9. The molecule has 0 spiro atoms. The smallest absolute Gasteiger partial charge is 0.198 e. The number of hydrogen-bond acceptors (Lipinski definition) is 3. The predicted octanol–water partition coefficient (Wildman–Crippen LogP) is 12.8. The second-order valence-corrected chi connectivity index (χ2v) is 16.2. The zero-order valence-corrected chi connectivity index (χ0v) is 31.8. The molecule has 9 aromatic carbocycles. The van der Waals surface area contributed by atoms with Crippen molar-refractivity contribution in [3.8, 4) is 22.3 Å². The fraction of sp³-hybridized carbons (Fsp3) is 0.0566. The summed E-state index contributed by atoms with van der Waals surface area (Å²) in [5, 5.41) is 11.0. The van der Waals surface area contributed by atoms with Crippen LogP contribution in [0.5, 0.6) is 0 Å². The molecule has 0 aliphatic carbocycles. The van der Waals surface area contributed by atoms with Crippen molar-refractivity contribution in [2.45, 2.75) is 19.3 Å². The quantitative estimate of drug-likeness (QED) is 0.183. The van der Waals surface area contributed by atoms with Gasteiger partial charge >= 0.3 is 0 Å². The highest BCUT2D eigenvalue weighted by Crippen LogP contribution is 2.53. The minimum absolute atomic E-state index is 0.125. The van der Waals surface area contributed by atoms with Crippen LogP contribution >= 0.6 is 0 Å². The van der Waals surface area contributed by atoms with Crippen molar-refractivity contribution in [1.82, 2.24) is 0 Å². The Bertz CT molecular complexity index is 3270. The minimum atomic E-state index is -0.125. The van der Waals surface area contributed by atoms with Crippen LogP contribution in [0.25, 0.3) is 65.7 Å². The lowest BCUT2D eigenvalue weighted by Crippen LogP contribution is -2.45. The molecule has 3 nitrogen and oxygen atoms in total. The van der Waals surface area contributed by atoms with Crippen LogP contribution in [0.4, 0.5) is 28.4 Å². The number of rotatable bonds is 4. The molecule has 4 heteroatoms. The molecule has 0 atom stereocenters. The maximum Gasteiger partial charge on any atom is 0.198 e. The van der Waals surface area contributed by atoms with Gasteiger partial charge < -0.3 is 14.6 Å². The molecule has 0 saturated carbocycles. The van der Waals surface area contributed by atoms with Crippen LogP contribution in [0.3, 0.4) is 0 Å². The molecule has 0 amide bonds. The largest absolute Gasteiger partial charge is 0.456 e. The first kappa shape index (κ1) is 32.2. The fourth-order valence-electron chi connectivity index (χ4n) is 9.82. The van der Waals surface area contributed by atoms with E-state index in [0.717, 1.165) is 46.2 Å². The summed E-state index contributed by atoms with van der Waals surface area (Å²) in [4.78, 5) is 2.56. The van der Waals surface area contributed by atoms with E-state index >= 15 is 0 Å². The van der Waals surface area contributed by atoms with Crippen molar-refractivity contribution in [3.05, 3.63) is 187 Å². The number of fused-ring (bicyclic) bond motifs is 9. The molecule has 3 heterocycles. The molecule has 1 N–H and O–H groups in total. The van der Waals surface area contributed by atoms with E-state index in [1.807, 2.05) is 0 Å². The van der Waals surface area contributed by atoms with E-state index in [1.54, 1.807) is 0 Å². The maximum absolute atomic E-state index is 6.80. The molecule has 2 aliphatic heterocycles. The van der Waals surface area contributed by atoms with Gasteiger partial charge in [-0.1, -0.05) is 147 Å². The zero-order valence-electron chi connectivity index (χ0n) is 31.8. The van der Waals surface area contributed by atoms with Crippen LogP contribution in [0.15, 0.2) is 180 Å². The average Bonchev–Trinajstić information content (AvgIpc) is 3.59. The first-order chi connectivity index (χ1) is 28.0. The molecule has 1 aromatic heterocycles. The summed E-state index contributed by atoms with van der Waals surface area (Å²) in [5.74, 6) is 0. The molecule has 0 bridgehead atoms. The van der Waals surface area contributed by atoms with E-state index in [9.17, 15) is 0 Å². The third kappa shape index (κ3) is 4.80. The van der Waals surface area contributed by atoms with Gasteiger partial charge in [-0.25, -0.2) is 0 Å². The van der Waals surface area contributed by atoms with Crippen LogP contribution in [0.2, 0.25) is 0 Å². The molecule has 0 fully saturated rings. The van der Waals surface area contributed by atoms with Gasteiger partial charge in [0.05, 0.1) is 5.69 Å². The van der Waals surface area contributed by atoms with Gasteiger partial charge in [0, 0.05) is 44.5 Å². The Kier molecular flexibility index (Phi) is 6.77. The van der Waals surface area contributed by atoms with Crippen LogP contribution in [-0.2, 0) is 5.41 Å². The summed E-state index contributed by atoms with van der Waals surface area (Å²) in [6.07, 6.45) is 0. The van der Waals surface area contributed by atoms with E-state index in [1.165, 1.54) is 77.3 Å². The van der Waals surface area contributed by atoms with Crippen molar-refractivity contribution >= 4 is 90.1 Å². The predicted molar refractivity (Wildman–Crippen MR) is 243 cm³/mol. The van der Waals surface area contributed by atoms with E-state index < -0.39 is 0 Å². The Morgan fingerprint density at radius 1 is 0.526 bits per heavy atom. The van der Waals surface area contributed by atoms with Gasteiger partial charge in [-0.05, 0) is 103 Å². The lowest BCUT2D eigenvalue weighted by Gasteiger charge is -2.46. The lowest BCUT2D eigenvalue weighted by atomic mass is 9.55. The Labute approximate surface area is 332 Å². The molecule has 0 radical (unpaired) electrons.